The van der Waals surface area contributed by atoms with Crippen molar-refractivity contribution in [1.82, 2.24) is 15.1 Å². The number of hydrogen-bond acceptors (Lipinski definition) is 2. The molecule has 0 aliphatic heterocycles. The van der Waals surface area contributed by atoms with E-state index in [9.17, 15) is 0 Å². The summed E-state index contributed by atoms with van der Waals surface area (Å²) in [7, 11) is 0. The van der Waals surface area contributed by atoms with Crippen LogP contribution in [0.15, 0.2) is 42.7 Å². The quantitative estimate of drug-likeness (QED) is 0.817. The molecule has 0 radical (unpaired) electrons. The topological polar surface area (TPSA) is 29.9 Å². The molecule has 1 aromatic carbocycles. The first-order chi connectivity index (χ1) is 9.53. The molecule has 1 aromatic heterocycles. The van der Waals surface area contributed by atoms with Gasteiger partial charge in [0.15, 0.2) is 0 Å². The van der Waals surface area contributed by atoms with Crippen molar-refractivity contribution in [3.63, 3.8) is 0 Å². The van der Waals surface area contributed by atoms with E-state index in [0.717, 1.165) is 25.9 Å². The lowest BCUT2D eigenvalue weighted by atomic mass is 10.1. The third-order valence-electron chi connectivity index (χ3n) is 3.17. The molecule has 1 heterocycles. The van der Waals surface area contributed by atoms with Crippen LogP contribution in [0.1, 0.15) is 38.3 Å². The Balaban J connectivity index is 1.78. The van der Waals surface area contributed by atoms with E-state index in [1.54, 1.807) is 0 Å². The van der Waals surface area contributed by atoms with Gasteiger partial charge in [-0.2, -0.15) is 5.10 Å². The van der Waals surface area contributed by atoms with Crippen molar-refractivity contribution in [3.05, 3.63) is 53.9 Å². The molecule has 0 amide bonds. The van der Waals surface area contributed by atoms with Crippen molar-refractivity contribution in [2.24, 2.45) is 0 Å². The molecule has 0 spiro atoms. The molecule has 0 aliphatic carbocycles. The Hall–Kier alpha value is -1.61. The highest BCUT2D eigenvalue weighted by atomic mass is 15.3. The van der Waals surface area contributed by atoms with Crippen molar-refractivity contribution < 1.29 is 0 Å². The zero-order chi connectivity index (χ0) is 14.4. The van der Waals surface area contributed by atoms with E-state index in [1.165, 1.54) is 11.1 Å². The third kappa shape index (κ3) is 5.17. The molecule has 0 fully saturated rings. The van der Waals surface area contributed by atoms with Crippen LogP contribution < -0.4 is 5.32 Å². The SMILES string of the molecule is CC(C)(C)NCCCc1cnn(Cc2ccccc2)c1. The average Bonchev–Trinajstić information content (AvgIpc) is 2.82. The molecule has 0 saturated carbocycles. The minimum atomic E-state index is 0.206. The molecule has 1 N–H and O–H groups in total. The Morgan fingerprint density at radius 2 is 1.85 bits per heavy atom. The van der Waals surface area contributed by atoms with Crippen LogP contribution in [0, 0.1) is 0 Å². The summed E-state index contributed by atoms with van der Waals surface area (Å²) in [5.41, 5.74) is 2.81. The Morgan fingerprint density at radius 3 is 2.55 bits per heavy atom. The lowest BCUT2D eigenvalue weighted by molar-refractivity contribution is 0.422. The fourth-order valence-electron chi connectivity index (χ4n) is 2.15. The van der Waals surface area contributed by atoms with Gasteiger partial charge in [0, 0.05) is 11.7 Å². The van der Waals surface area contributed by atoms with Gasteiger partial charge in [0.2, 0.25) is 0 Å². The Bertz CT molecular complexity index is 509. The number of aryl methyl sites for hydroxylation is 1. The number of aromatic nitrogens is 2. The fraction of sp³-hybridized carbons (Fsp3) is 0.471. The first-order valence-corrected chi connectivity index (χ1v) is 7.33. The molecule has 0 aliphatic rings. The smallest absolute Gasteiger partial charge is 0.0659 e. The van der Waals surface area contributed by atoms with Gasteiger partial charge in [0.25, 0.3) is 0 Å². The van der Waals surface area contributed by atoms with E-state index in [1.807, 2.05) is 16.9 Å². The third-order valence-corrected chi connectivity index (χ3v) is 3.17. The van der Waals surface area contributed by atoms with E-state index in [0.29, 0.717) is 0 Å². The van der Waals surface area contributed by atoms with Gasteiger partial charge in [-0.15, -0.1) is 0 Å². The van der Waals surface area contributed by atoms with Crippen LogP contribution in [0.25, 0.3) is 0 Å². The zero-order valence-electron chi connectivity index (χ0n) is 12.8. The highest BCUT2D eigenvalue weighted by Crippen LogP contribution is 2.06. The average molecular weight is 271 g/mol. The summed E-state index contributed by atoms with van der Waals surface area (Å²) >= 11 is 0. The van der Waals surface area contributed by atoms with E-state index in [2.05, 4.69) is 61.6 Å². The minimum absolute atomic E-state index is 0.206. The van der Waals surface area contributed by atoms with E-state index >= 15 is 0 Å². The van der Waals surface area contributed by atoms with Gasteiger partial charge < -0.3 is 5.32 Å². The highest BCUT2D eigenvalue weighted by molar-refractivity contribution is 5.15. The van der Waals surface area contributed by atoms with Gasteiger partial charge in [-0.05, 0) is 51.3 Å². The molecule has 0 unspecified atom stereocenters. The first kappa shape index (κ1) is 14.8. The van der Waals surface area contributed by atoms with Crippen LogP contribution in [-0.4, -0.2) is 21.9 Å². The second kappa shape index (κ2) is 6.71. The van der Waals surface area contributed by atoms with Crippen LogP contribution in [0.4, 0.5) is 0 Å². The van der Waals surface area contributed by atoms with Gasteiger partial charge in [-0.1, -0.05) is 30.3 Å². The normalized spacial score (nSPS) is 11.8. The highest BCUT2D eigenvalue weighted by Gasteiger charge is 2.07. The number of rotatable bonds is 6. The van der Waals surface area contributed by atoms with Gasteiger partial charge in [0.1, 0.15) is 0 Å². The molecule has 2 aromatic rings. The van der Waals surface area contributed by atoms with Crippen LogP contribution in [0.5, 0.6) is 0 Å². The van der Waals surface area contributed by atoms with Crippen LogP contribution in [0.2, 0.25) is 0 Å². The van der Waals surface area contributed by atoms with Crippen molar-refractivity contribution in [1.29, 1.82) is 0 Å². The van der Waals surface area contributed by atoms with E-state index in [4.69, 9.17) is 0 Å². The number of nitrogens with zero attached hydrogens (tertiary/aromatic N) is 2. The van der Waals surface area contributed by atoms with Crippen LogP contribution in [0.3, 0.4) is 0 Å². The van der Waals surface area contributed by atoms with Crippen LogP contribution in [-0.2, 0) is 13.0 Å². The Morgan fingerprint density at radius 1 is 1.10 bits per heavy atom. The van der Waals surface area contributed by atoms with E-state index in [-0.39, 0.29) is 5.54 Å². The van der Waals surface area contributed by atoms with E-state index < -0.39 is 0 Å². The zero-order valence-corrected chi connectivity index (χ0v) is 12.8. The maximum absolute atomic E-state index is 4.44. The second-order valence-electron chi connectivity index (χ2n) is 6.31. The predicted molar refractivity (Wildman–Crippen MR) is 83.8 cm³/mol. The summed E-state index contributed by atoms with van der Waals surface area (Å²) in [6.07, 6.45) is 6.37. The van der Waals surface area contributed by atoms with Gasteiger partial charge in [-0.25, -0.2) is 0 Å². The minimum Gasteiger partial charge on any atom is -0.312 e. The molecule has 108 valence electrons. The summed E-state index contributed by atoms with van der Waals surface area (Å²) in [6.45, 7) is 8.50. The van der Waals surface area contributed by atoms with Crippen LogP contribution >= 0.6 is 0 Å². The molecule has 3 nitrogen and oxygen atoms in total. The summed E-state index contributed by atoms with van der Waals surface area (Å²) in [6, 6.07) is 10.4. The number of hydrogen-bond donors (Lipinski definition) is 1. The summed E-state index contributed by atoms with van der Waals surface area (Å²) in [4.78, 5) is 0. The molecule has 3 heteroatoms. The van der Waals surface area contributed by atoms with Crippen molar-refractivity contribution in [3.8, 4) is 0 Å². The van der Waals surface area contributed by atoms with Crippen molar-refractivity contribution in [2.45, 2.75) is 45.7 Å². The second-order valence-corrected chi connectivity index (χ2v) is 6.31. The summed E-state index contributed by atoms with van der Waals surface area (Å²) < 4.78 is 2.02. The summed E-state index contributed by atoms with van der Waals surface area (Å²) in [5.74, 6) is 0. The van der Waals surface area contributed by atoms with Gasteiger partial charge in [0.05, 0.1) is 12.7 Å². The maximum atomic E-state index is 4.44. The molecular weight excluding hydrogens is 246 g/mol. The lowest BCUT2D eigenvalue weighted by Gasteiger charge is -2.20. The maximum Gasteiger partial charge on any atom is 0.0659 e. The molecule has 0 saturated heterocycles. The van der Waals surface area contributed by atoms with Crippen molar-refractivity contribution >= 4 is 0 Å². The summed E-state index contributed by atoms with van der Waals surface area (Å²) in [5, 5.41) is 7.95. The Labute approximate surface area is 122 Å². The monoisotopic (exact) mass is 271 g/mol. The molecular formula is C17H25N3. The predicted octanol–water partition coefficient (Wildman–Crippen LogP) is 3.25. The molecule has 0 atom stereocenters. The molecule has 20 heavy (non-hydrogen) atoms. The van der Waals surface area contributed by atoms with Gasteiger partial charge >= 0.3 is 0 Å². The number of benzene rings is 1. The Kier molecular flexibility index (Phi) is 4.96. The standard InChI is InChI=1S/C17H25N3/c1-17(2,3)18-11-7-10-16-12-19-20(14-16)13-15-8-5-4-6-9-15/h4-6,8-9,12,14,18H,7,10-11,13H2,1-3H3. The molecule has 2 rings (SSSR count). The molecule has 0 bridgehead atoms. The van der Waals surface area contributed by atoms with Gasteiger partial charge in [-0.3, -0.25) is 4.68 Å². The lowest BCUT2D eigenvalue weighted by Crippen LogP contribution is -2.36. The fourth-order valence-corrected chi connectivity index (χ4v) is 2.15. The first-order valence-electron chi connectivity index (χ1n) is 7.33. The largest absolute Gasteiger partial charge is 0.312 e. The van der Waals surface area contributed by atoms with Crippen molar-refractivity contribution in [2.75, 3.05) is 6.54 Å². The number of nitrogens with one attached hydrogen (secondary N) is 1.